The highest BCUT2D eigenvalue weighted by Gasteiger charge is 2.47. The summed E-state index contributed by atoms with van der Waals surface area (Å²) < 4.78 is 57.2. The number of halogens is 3. The fourth-order valence-corrected chi connectivity index (χ4v) is 6.21. The Morgan fingerprint density at radius 3 is 2.37 bits per heavy atom. The molecular formula is C31H38F3N3O6. The number of aliphatic hydroxyl groups excluding tert-OH is 1. The molecule has 5 unspecified atom stereocenters. The highest BCUT2D eigenvalue weighted by atomic mass is 19.4. The lowest BCUT2D eigenvalue weighted by Gasteiger charge is -2.38. The van der Waals surface area contributed by atoms with E-state index in [0.717, 1.165) is 42.6 Å². The lowest BCUT2D eigenvalue weighted by molar-refractivity contribution is -0.253. The van der Waals surface area contributed by atoms with Crippen LogP contribution < -0.4 is 5.32 Å². The second-order valence-corrected chi connectivity index (χ2v) is 11.4. The summed E-state index contributed by atoms with van der Waals surface area (Å²) in [6, 6.07) is 13.6. The number of hydrogen-bond acceptors (Lipinski definition) is 7. The Hall–Kier alpha value is -3.03. The number of rotatable bonds is 9. The van der Waals surface area contributed by atoms with Crippen molar-refractivity contribution < 1.29 is 42.1 Å². The zero-order valence-corrected chi connectivity index (χ0v) is 24.1. The van der Waals surface area contributed by atoms with Crippen LogP contribution in [-0.2, 0) is 30.4 Å². The van der Waals surface area contributed by atoms with E-state index in [4.69, 9.17) is 14.2 Å². The van der Waals surface area contributed by atoms with Crippen molar-refractivity contribution in [1.29, 1.82) is 0 Å². The number of aliphatic hydroxyl groups is 1. The van der Waals surface area contributed by atoms with Crippen molar-refractivity contribution in [2.45, 2.75) is 75.5 Å². The number of nitrogens with one attached hydrogen (secondary N) is 1. The molecule has 234 valence electrons. The second-order valence-electron chi connectivity index (χ2n) is 11.4. The first-order valence-corrected chi connectivity index (χ1v) is 14.7. The minimum atomic E-state index is -5.03. The molecule has 0 aromatic heterocycles. The summed E-state index contributed by atoms with van der Waals surface area (Å²) in [5, 5.41) is 12.1. The second kappa shape index (κ2) is 13.7. The van der Waals surface area contributed by atoms with Crippen molar-refractivity contribution in [2.24, 2.45) is 0 Å². The summed E-state index contributed by atoms with van der Waals surface area (Å²) in [5.41, 5.74) is 2.90. The number of ether oxygens (including phenoxy) is 3. The first-order chi connectivity index (χ1) is 20.7. The molecule has 3 fully saturated rings. The number of nitrogens with zero attached hydrogens (tertiary/aromatic N) is 2. The molecule has 2 aromatic carbocycles. The van der Waals surface area contributed by atoms with E-state index in [1.807, 2.05) is 24.3 Å². The number of alkyl halides is 3. The lowest BCUT2D eigenvalue weighted by Crippen LogP contribution is -2.48. The molecule has 12 heteroatoms. The highest BCUT2D eigenvalue weighted by Crippen LogP contribution is 2.39. The van der Waals surface area contributed by atoms with Gasteiger partial charge in [-0.25, -0.2) is 0 Å². The third-order valence-electron chi connectivity index (χ3n) is 8.42. The van der Waals surface area contributed by atoms with Gasteiger partial charge in [0, 0.05) is 43.9 Å². The molecule has 2 amide bonds. The van der Waals surface area contributed by atoms with Crippen LogP contribution in [-0.4, -0.2) is 84.4 Å². The smallest absolute Gasteiger partial charge is 0.392 e. The van der Waals surface area contributed by atoms with Crippen LogP contribution in [0.2, 0.25) is 0 Å². The van der Waals surface area contributed by atoms with Gasteiger partial charge < -0.3 is 29.5 Å². The van der Waals surface area contributed by atoms with Crippen molar-refractivity contribution in [3.05, 3.63) is 65.2 Å². The highest BCUT2D eigenvalue weighted by molar-refractivity contribution is 5.98. The molecular weight excluding hydrogens is 567 g/mol. The monoisotopic (exact) mass is 605 g/mol. The Morgan fingerprint density at radius 2 is 1.70 bits per heavy atom. The Morgan fingerprint density at radius 1 is 1.00 bits per heavy atom. The molecule has 3 saturated heterocycles. The van der Waals surface area contributed by atoms with Crippen LogP contribution in [0.25, 0.3) is 0 Å². The fraction of sp³-hybridized carbons (Fsp3) is 0.548. The molecule has 0 spiro atoms. The van der Waals surface area contributed by atoms with Crippen molar-refractivity contribution >= 4 is 17.5 Å². The van der Waals surface area contributed by atoms with E-state index in [-0.39, 0.29) is 31.8 Å². The molecule has 0 radical (unpaired) electrons. The van der Waals surface area contributed by atoms with Gasteiger partial charge in [-0.05, 0) is 55.5 Å². The Labute approximate surface area is 248 Å². The minimum absolute atomic E-state index is 0.0453. The number of methoxy groups -OCH3 is 1. The number of likely N-dealkylation sites (tertiary alicyclic amines) is 2. The first-order valence-electron chi connectivity index (χ1n) is 14.7. The topological polar surface area (TPSA) is 101 Å². The largest absolute Gasteiger partial charge is 0.471 e. The first kappa shape index (κ1) is 31.4. The van der Waals surface area contributed by atoms with Crippen LogP contribution in [0.4, 0.5) is 18.9 Å². The predicted molar refractivity (Wildman–Crippen MR) is 151 cm³/mol. The number of carbonyl (C=O) groups excluding carboxylic acids is 2. The number of hydrogen-bond donors (Lipinski definition) is 2. The van der Waals surface area contributed by atoms with Gasteiger partial charge in [0.2, 0.25) is 5.91 Å². The SMILES string of the molecule is COCC1CCCN1CC1CC(c2ccc(CO)cc2)OC(c2ccc(NC(=O)C3CCCN3C(=O)C(F)(F)F)cc2)O1. The lowest BCUT2D eigenvalue weighted by atomic mass is 9.99. The Bertz CT molecular complexity index is 1240. The van der Waals surface area contributed by atoms with Crippen LogP contribution in [0.15, 0.2) is 48.5 Å². The maximum absolute atomic E-state index is 13.0. The molecule has 43 heavy (non-hydrogen) atoms. The number of benzene rings is 2. The summed E-state index contributed by atoms with van der Waals surface area (Å²) in [6.07, 6.45) is -2.79. The van der Waals surface area contributed by atoms with Crippen molar-refractivity contribution in [1.82, 2.24) is 9.80 Å². The Kier molecular flexibility index (Phi) is 10.0. The molecule has 5 atom stereocenters. The molecule has 3 heterocycles. The molecule has 0 aliphatic carbocycles. The number of amides is 2. The van der Waals surface area contributed by atoms with Gasteiger partial charge in [0.05, 0.1) is 25.4 Å². The van der Waals surface area contributed by atoms with Crippen LogP contribution in [0.1, 0.15) is 61.2 Å². The zero-order valence-electron chi connectivity index (χ0n) is 24.1. The van der Waals surface area contributed by atoms with Gasteiger partial charge in [-0.2, -0.15) is 13.2 Å². The van der Waals surface area contributed by atoms with E-state index >= 15 is 0 Å². The van der Waals surface area contributed by atoms with Gasteiger partial charge in [0.25, 0.3) is 0 Å². The minimum Gasteiger partial charge on any atom is -0.392 e. The average molecular weight is 606 g/mol. The molecule has 2 N–H and O–H groups in total. The molecule has 2 aromatic rings. The predicted octanol–water partition coefficient (Wildman–Crippen LogP) is 4.33. The van der Waals surface area contributed by atoms with Crippen LogP contribution in [0.5, 0.6) is 0 Å². The maximum atomic E-state index is 13.0. The normalized spacial score (nSPS) is 26.5. The van der Waals surface area contributed by atoms with Crippen molar-refractivity contribution in [2.75, 3.05) is 38.7 Å². The molecule has 9 nitrogen and oxygen atoms in total. The van der Waals surface area contributed by atoms with E-state index in [9.17, 15) is 27.9 Å². The maximum Gasteiger partial charge on any atom is 0.471 e. The quantitative estimate of drug-likeness (QED) is 0.439. The van der Waals surface area contributed by atoms with Crippen molar-refractivity contribution in [3.63, 3.8) is 0 Å². The molecule has 3 aliphatic rings. The van der Waals surface area contributed by atoms with Gasteiger partial charge >= 0.3 is 12.1 Å². The van der Waals surface area contributed by atoms with E-state index in [2.05, 4.69) is 10.2 Å². The summed E-state index contributed by atoms with van der Waals surface area (Å²) >= 11 is 0. The van der Waals surface area contributed by atoms with E-state index < -0.39 is 30.3 Å². The van der Waals surface area contributed by atoms with E-state index in [1.54, 1.807) is 31.4 Å². The van der Waals surface area contributed by atoms with Gasteiger partial charge in [-0.3, -0.25) is 14.5 Å². The fourth-order valence-electron chi connectivity index (χ4n) is 6.21. The summed E-state index contributed by atoms with van der Waals surface area (Å²) in [5.74, 6) is -2.65. The van der Waals surface area contributed by atoms with Gasteiger partial charge in [0.1, 0.15) is 6.04 Å². The van der Waals surface area contributed by atoms with Gasteiger partial charge in [0.15, 0.2) is 6.29 Å². The molecule has 5 rings (SSSR count). The summed E-state index contributed by atoms with van der Waals surface area (Å²) in [4.78, 5) is 27.6. The van der Waals surface area contributed by atoms with E-state index in [1.165, 1.54) is 0 Å². The standard InChI is InChI=1S/C31H38F3N3O6/c1-41-19-24-4-2-14-36(24)17-25-16-27(21-8-6-20(18-38)7-9-21)43-29(42-25)22-10-12-23(13-11-22)35-28(39)26-5-3-15-37(26)30(40)31(32,33)34/h6-13,24-27,29,38H,2-5,14-19H2,1H3,(H,35,39). The summed E-state index contributed by atoms with van der Waals surface area (Å²) in [7, 11) is 1.71. The molecule has 0 bridgehead atoms. The average Bonchev–Trinajstić information content (AvgIpc) is 3.67. The summed E-state index contributed by atoms with van der Waals surface area (Å²) in [6.45, 7) is 2.20. The van der Waals surface area contributed by atoms with Crippen LogP contribution >= 0.6 is 0 Å². The van der Waals surface area contributed by atoms with Crippen LogP contribution in [0, 0.1) is 0 Å². The number of anilines is 1. The van der Waals surface area contributed by atoms with E-state index in [0.29, 0.717) is 36.1 Å². The third kappa shape index (κ3) is 7.55. The zero-order chi connectivity index (χ0) is 30.6. The van der Waals surface area contributed by atoms with Gasteiger partial charge in [-0.1, -0.05) is 36.4 Å². The molecule has 0 saturated carbocycles. The third-order valence-corrected chi connectivity index (χ3v) is 8.42. The van der Waals surface area contributed by atoms with Crippen molar-refractivity contribution in [3.8, 4) is 0 Å². The number of carbonyl (C=O) groups is 2. The molecule has 3 aliphatic heterocycles. The Balaban J connectivity index is 1.28. The van der Waals surface area contributed by atoms with Crippen LogP contribution in [0.3, 0.4) is 0 Å². The van der Waals surface area contributed by atoms with Gasteiger partial charge in [-0.15, -0.1) is 0 Å².